The van der Waals surface area contributed by atoms with Gasteiger partial charge in [0.2, 0.25) is 0 Å². The topological polar surface area (TPSA) is 78.4 Å². The van der Waals surface area contributed by atoms with Gasteiger partial charge in [-0.3, -0.25) is 9.69 Å². The van der Waals surface area contributed by atoms with Crippen molar-refractivity contribution < 1.29 is 9.90 Å². The van der Waals surface area contributed by atoms with Crippen molar-refractivity contribution in [1.82, 2.24) is 20.4 Å². The lowest BCUT2D eigenvalue weighted by Crippen LogP contribution is -2.42. The predicted molar refractivity (Wildman–Crippen MR) is 85.8 cm³/mol. The number of carbonyl (C=O) groups is 1. The maximum Gasteiger partial charge on any atom is 0.253 e. The van der Waals surface area contributed by atoms with Crippen molar-refractivity contribution in [1.29, 1.82) is 0 Å². The molecular weight excluding hydrogens is 292 g/mol. The number of hydrogen-bond donors (Lipinski definition) is 2. The van der Waals surface area contributed by atoms with Gasteiger partial charge in [-0.1, -0.05) is 24.3 Å². The molecule has 0 saturated heterocycles. The molecule has 2 N–H and O–H groups in total. The van der Waals surface area contributed by atoms with Gasteiger partial charge in [-0.05, 0) is 23.6 Å². The van der Waals surface area contributed by atoms with E-state index in [9.17, 15) is 9.90 Å². The third kappa shape index (κ3) is 4.12. The van der Waals surface area contributed by atoms with Crippen molar-refractivity contribution in [2.45, 2.75) is 19.1 Å². The predicted octanol–water partition coefficient (Wildman–Crippen LogP) is 0.626. The number of benzene rings is 1. The molecule has 0 saturated carbocycles. The van der Waals surface area contributed by atoms with Gasteiger partial charge in [0, 0.05) is 26.2 Å². The molecule has 0 bridgehead atoms. The quantitative estimate of drug-likeness (QED) is 0.846. The number of aliphatic hydroxyl groups excluding tert-OH is 1. The van der Waals surface area contributed by atoms with E-state index in [1.165, 1.54) is 23.5 Å². The summed E-state index contributed by atoms with van der Waals surface area (Å²) in [4.78, 5) is 14.1. The van der Waals surface area contributed by atoms with Crippen LogP contribution in [0.15, 0.2) is 42.7 Å². The van der Waals surface area contributed by atoms with Crippen LogP contribution in [0, 0.1) is 0 Å². The van der Waals surface area contributed by atoms with Crippen LogP contribution < -0.4 is 5.32 Å². The van der Waals surface area contributed by atoms with E-state index in [1.54, 1.807) is 6.07 Å². The summed E-state index contributed by atoms with van der Waals surface area (Å²) in [6.45, 7) is 2.54. The molecule has 3 rings (SSSR count). The minimum absolute atomic E-state index is 0.222. The number of aromatic nitrogens is 2. The van der Waals surface area contributed by atoms with E-state index in [4.69, 9.17) is 0 Å². The van der Waals surface area contributed by atoms with E-state index in [0.29, 0.717) is 12.1 Å². The third-order valence-corrected chi connectivity index (χ3v) is 4.02. The summed E-state index contributed by atoms with van der Waals surface area (Å²) in [6, 6.07) is 9.99. The van der Waals surface area contributed by atoms with Crippen LogP contribution in [0.25, 0.3) is 0 Å². The van der Waals surface area contributed by atoms with Gasteiger partial charge in [0.05, 0.1) is 24.1 Å². The third-order valence-electron chi connectivity index (χ3n) is 4.02. The lowest BCUT2D eigenvalue weighted by Gasteiger charge is -2.30. The second-order valence-electron chi connectivity index (χ2n) is 5.75. The molecule has 1 aromatic carbocycles. The average molecular weight is 312 g/mol. The lowest BCUT2D eigenvalue weighted by molar-refractivity contribution is 0.0841. The van der Waals surface area contributed by atoms with Crippen LogP contribution in [0.4, 0.5) is 0 Å². The Morgan fingerprint density at radius 1 is 1.26 bits per heavy atom. The van der Waals surface area contributed by atoms with Gasteiger partial charge < -0.3 is 10.4 Å². The number of aliphatic hydroxyl groups is 1. The van der Waals surface area contributed by atoms with E-state index >= 15 is 0 Å². The van der Waals surface area contributed by atoms with Gasteiger partial charge >= 0.3 is 0 Å². The minimum Gasteiger partial charge on any atom is -0.390 e. The van der Waals surface area contributed by atoms with Crippen LogP contribution in [-0.2, 0) is 13.0 Å². The first-order chi connectivity index (χ1) is 11.2. The molecule has 0 fully saturated rings. The van der Waals surface area contributed by atoms with Crippen LogP contribution >= 0.6 is 0 Å². The summed E-state index contributed by atoms with van der Waals surface area (Å²) in [5.41, 5.74) is 3.15. The SMILES string of the molecule is O=C(NC[C@H](O)CN1CCc2ccccc2C1)c1ccnnc1. The molecule has 6 nitrogen and oxygen atoms in total. The molecule has 23 heavy (non-hydrogen) atoms. The Morgan fingerprint density at radius 2 is 2.09 bits per heavy atom. The summed E-state index contributed by atoms with van der Waals surface area (Å²) < 4.78 is 0. The Kier molecular flexibility index (Phi) is 4.95. The van der Waals surface area contributed by atoms with Crippen molar-refractivity contribution in [2.75, 3.05) is 19.6 Å². The Bertz CT molecular complexity index is 663. The van der Waals surface area contributed by atoms with E-state index in [-0.39, 0.29) is 12.5 Å². The fraction of sp³-hybridized carbons (Fsp3) is 0.353. The Hall–Kier alpha value is -2.31. The van der Waals surface area contributed by atoms with Crippen LogP contribution in [0.2, 0.25) is 0 Å². The van der Waals surface area contributed by atoms with E-state index < -0.39 is 6.10 Å². The molecule has 0 aliphatic carbocycles. The summed E-state index contributed by atoms with van der Waals surface area (Å²) in [5, 5.41) is 20.2. The van der Waals surface area contributed by atoms with Crippen molar-refractivity contribution >= 4 is 5.91 Å². The molecule has 1 aliphatic rings. The normalized spacial score (nSPS) is 15.7. The number of amides is 1. The fourth-order valence-corrected chi connectivity index (χ4v) is 2.81. The van der Waals surface area contributed by atoms with Crippen molar-refractivity contribution in [3.05, 3.63) is 59.4 Å². The minimum atomic E-state index is -0.598. The molecule has 6 heteroatoms. The monoisotopic (exact) mass is 312 g/mol. The molecular formula is C17H20N4O2. The Labute approximate surface area is 135 Å². The van der Waals surface area contributed by atoms with E-state index in [1.807, 2.05) is 6.07 Å². The number of carbonyl (C=O) groups excluding carboxylic acids is 1. The second-order valence-corrected chi connectivity index (χ2v) is 5.75. The van der Waals surface area contributed by atoms with Gasteiger partial charge in [0.25, 0.3) is 5.91 Å². The van der Waals surface area contributed by atoms with Crippen molar-refractivity contribution in [2.24, 2.45) is 0 Å². The maximum atomic E-state index is 11.9. The zero-order valence-electron chi connectivity index (χ0n) is 12.9. The van der Waals surface area contributed by atoms with Crippen molar-refractivity contribution in [3.8, 4) is 0 Å². The van der Waals surface area contributed by atoms with Gasteiger partial charge in [0.1, 0.15) is 0 Å². The molecule has 0 radical (unpaired) electrons. The lowest BCUT2D eigenvalue weighted by atomic mass is 10.00. The smallest absolute Gasteiger partial charge is 0.253 e. The van der Waals surface area contributed by atoms with Gasteiger partial charge in [-0.15, -0.1) is 0 Å². The molecule has 1 aliphatic heterocycles. The summed E-state index contributed by atoms with van der Waals surface area (Å²) in [5.74, 6) is -0.247. The first-order valence-electron chi connectivity index (χ1n) is 7.74. The van der Waals surface area contributed by atoms with Gasteiger partial charge in [-0.2, -0.15) is 10.2 Å². The summed E-state index contributed by atoms with van der Waals surface area (Å²) >= 11 is 0. The number of fused-ring (bicyclic) bond motifs is 1. The average Bonchev–Trinajstić information content (AvgIpc) is 2.60. The van der Waals surface area contributed by atoms with Crippen molar-refractivity contribution in [3.63, 3.8) is 0 Å². The highest BCUT2D eigenvalue weighted by atomic mass is 16.3. The molecule has 1 amide bonds. The highest BCUT2D eigenvalue weighted by molar-refractivity contribution is 5.93. The Balaban J connectivity index is 1.47. The molecule has 120 valence electrons. The van der Waals surface area contributed by atoms with E-state index in [2.05, 4.69) is 38.6 Å². The number of nitrogens with zero attached hydrogens (tertiary/aromatic N) is 3. The molecule has 1 aromatic heterocycles. The second kappa shape index (κ2) is 7.30. The van der Waals surface area contributed by atoms with Gasteiger partial charge in [0.15, 0.2) is 0 Å². The molecule has 0 unspecified atom stereocenters. The first kappa shape index (κ1) is 15.6. The number of nitrogens with one attached hydrogen (secondary N) is 1. The van der Waals surface area contributed by atoms with Crippen LogP contribution in [0.1, 0.15) is 21.5 Å². The zero-order valence-corrected chi connectivity index (χ0v) is 12.9. The number of rotatable bonds is 5. The largest absolute Gasteiger partial charge is 0.390 e. The highest BCUT2D eigenvalue weighted by Gasteiger charge is 2.18. The molecule has 1 atom stereocenters. The standard InChI is InChI=1S/C17H20N4O2/c22-16(10-18-17(23)14-5-7-19-20-9-14)12-21-8-6-13-3-1-2-4-15(13)11-21/h1-5,7,9,16,22H,6,8,10-12H2,(H,18,23)/t16-/m0/s1. The van der Waals surface area contributed by atoms with Crippen LogP contribution in [0.5, 0.6) is 0 Å². The summed E-state index contributed by atoms with van der Waals surface area (Å²) in [7, 11) is 0. The maximum absolute atomic E-state index is 11.9. The highest BCUT2D eigenvalue weighted by Crippen LogP contribution is 2.18. The molecule has 2 aromatic rings. The first-order valence-corrected chi connectivity index (χ1v) is 7.74. The molecule has 0 spiro atoms. The van der Waals surface area contributed by atoms with E-state index in [0.717, 1.165) is 19.5 Å². The fourth-order valence-electron chi connectivity index (χ4n) is 2.81. The Morgan fingerprint density at radius 3 is 2.87 bits per heavy atom. The number of β-amino-alcohol motifs (C(OH)–C–C–N with tert-alkyl or cyclic N) is 1. The zero-order chi connectivity index (χ0) is 16.1. The number of hydrogen-bond acceptors (Lipinski definition) is 5. The summed E-state index contributed by atoms with van der Waals surface area (Å²) in [6.07, 6.45) is 3.27. The van der Waals surface area contributed by atoms with Gasteiger partial charge in [-0.25, -0.2) is 0 Å². The van der Waals surface area contributed by atoms with Crippen LogP contribution in [-0.4, -0.2) is 51.8 Å². The van der Waals surface area contributed by atoms with Crippen LogP contribution in [0.3, 0.4) is 0 Å². The molecule has 2 heterocycles.